The van der Waals surface area contributed by atoms with Crippen molar-refractivity contribution in [3.8, 4) is 0 Å². The highest BCUT2D eigenvalue weighted by atomic mass is 16.4. The molecule has 1 aromatic carbocycles. The summed E-state index contributed by atoms with van der Waals surface area (Å²) in [4.78, 5) is 26.1. The van der Waals surface area contributed by atoms with Crippen molar-refractivity contribution in [2.75, 3.05) is 6.54 Å². The average Bonchev–Trinajstić information content (AvgIpc) is 2.55. The molecule has 0 saturated carbocycles. The minimum absolute atomic E-state index is 0.0346. The van der Waals surface area contributed by atoms with Crippen molar-refractivity contribution in [1.29, 1.82) is 0 Å². The van der Waals surface area contributed by atoms with Gasteiger partial charge in [0.15, 0.2) is 0 Å². The highest BCUT2D eigenvalue weighted by Gasteiger charge is 2.37. The summed E-state index contributed by atoms with van der Waals surface area (Å²) in [5.74, 6) is -0.992. The summed E-state index contributed by atoms with van der Waals surface area (Å²) in [6, 6.07) is 9.06. The van der Waals surface area contributed by atoms with Crippen molar-refractivity contribution in [3.05, 3.63) is 35.9 Å². The Bertz CT molecular complexity index is 514. The number of nitrogens with zero attached hydrogens (tertiary/aromatic N) is 1. The predicted molar refractivity (Wildman–Crippen MR) is 85.6 cm³/mol. The van der Waals surface area contributed by atoms with Gasteiger partial charge in [0.2, 0.25) is 5.91 Å². The summed E-state index contributed by atoms with van der Waals surface area (Å²) in [5.41, 5.74) is 0.983. The van der Waals surface area contributed by atoms with E-state index in [2.05, 4.69) is 13.8 Å². The lowest BCUT2D eigenvalue weighted by atomic mass is 9.83. The van der Waals surface area contributed by atoms with E-state index in [1.807, 2.05) is 30.3 Å². The minimum atomic E-state index is -0.885. The second-order valence-corrected chi connectivity index (χ2v) is 6.16. The molecule has 1 fully saturated rings. The number of carboxylic acids is 1. The van der Waals surface area contributed by atoms with Crippen LogP contribution in [0.4, 0.5) is 0 Å². The molecule has 3 atom stereocenters. The molecule has 1 heterocycles. The Morgan fingerprint density at radius 3 is 2.55 bits per heavy atom. The smallest absolute Gasteiger partial charge is 0.326 e. The van der Waals surface area contributed by atoms with Crippen molar-refractivity contribution in [2.24, 2.45) is 5.92 Å². The lowest BCUT2D eigenvalue weighted by Gasteiger charge is -2.37. The van der Waals surface area contributed by atoms with Crippen LogP contribution in [0, 0.1) is 5.92 Å². The molecule has 1 saturated heterocycles. The highest BCUT2D eigenvalue weighted by molar-refractivity contribution is 5.88. The lowest BCUT2D eigenvalue weighted by molar-refractivity contribution is -0.153. The number of carbonyl (C=O) groups is 2. The third kappa shape index (κ3) is 3.49. The topological polar surface area (TPSA) is 57.6 Å². The van der Waals surface area contributed by atoms with Gasteiger partial charge in [-0.15, -0.1) is 0 Å². The fourth-order valence-corrected chi connectivity index (χ4v) is 3.24. The van der Waals surface area contributed by atoms with Crippen LogP contribution < -0.4 is 0 Å². The van der Waals surface area contributed by atoms with E-state index in [4.69, 9.17) is 0 Å². The van der Waals surface area contributed by atoms with Gasteiger partial charge in [-0.05, 0) is 30.7 Å². The van der Waals surface area contributed by atoms with Gasteiger partial charge < -0.3 is 10.0 Å². The number of benzene rings is 1. The number of carboxylic acid groups (broad SMARTS) is 1. The Labute approximate surface area is 132 Å². The number of likely N-dealkylation sites (tertiary alicyclic amines) is 1. The molecule has 22 heavy (non-hydrogen) atoms. The van der Waals surface area contributed by atoms with Crippen molar-refractivity contribution in [3.63, 3.8) is 0 Å². The molecule has 0 aliphatic carbocycles. The first kappa shape index (κ1) is 16.5. The fraction of sp³-hybridized carbons (Fsp3) is 0.556. The van der Waals surface area contributed by atoms with E-state index < -0.39 is 12.0 Å². The van der Waals surface area contributed by atoms with Crippen molar-refractivity contribution >= 4 is 11.9 Å². The molecule has 0 bridgehead atoms. The van der Waals surface area contributed by atoms with Gasteiger partial charge in [-0.1, -0.05) is 50.6 Å². The summed E-state index contributed by atoms with van der Waals surface area (Å²) >= 11 is 0. The third-order valence-corrected chi connectivity index (χ3v) is 4.71. The van der Waals surface area contributed by atoms with Crippen LogP contribution in [0.25, 0.3) is 0 Å². The zero-order valence-corrected chi connectivity index (χ0v) is 13.4. The van der Waals surface area contributed by atoms with Gasteiger partial charge in [-0.3, -0.25) is 4.79 Å². The monoisotopic (exact) mass is 303 g/mol. The molecule has 4 nitrogen and oxygen atoms in total. The number of hydrogen-bond donors (Lipinski definition) is 1. The number of carbonyl (C=O) groups excluding carboxylic acids is 1. The van der Waals surface area contributed by atoms with Gasteiger partial charge in [-0.2, -0.15) is 0 Å². The molecule has 2 unspecified atom stereocenters. The van der Waals surface area contributed by atoms with Crippen LogP contribution in [-0.4, -0.2) is 34.5 Å². The van der Waals surface area contributed by atoms with Crippen molar-refractivity contribution in [1.82, 2.24) is 4.90 Å². The first-order valence-corrected chi connectivity index (χ1v) is 8.14. The predicted octanol–water partition coefficient (Wildman–Crippen LogP) is 3.28. The molecule has 0 radical (unpaired) electrons. The fourth-order valence-electron chi connectivity index (χ4n) is 3.24. The van der Waals surface area contributed by atoms with Crippen LogP contribution in [0.1, 0.15) is 51.0 Å². The molecule has 2 rings (SSSR count). The van der Waals surface area contributed by atoms with Gasteiger partial charge in [0.25, 0.3) is 0 Å². The van der Waals surface area contributed by atoms with Gasteiger partial charge in [0, 0.05) is 6.54 Å². The third-order valence-electron chi connectivity index (χ3n) is 4.71. The quantitative estimate of drug-likeness (QED) is 0.908. The molecule has 4 heteroatoms. The summed E-state index contributed by atoms with van der Waals surface area (Å²) in [7, 11) is 0. The summed E-state index contributed by atoms with van der Waals surface area (Å²) in [6.45, 7) is 4.68. The van der Waals surface area contributed by atoms with Gasteiger partial charge in [0.1, 0.15) is 6.04 Å². The normalized spacial score (nSPS) is 21.2. The summed E-state index contributed by atoms with van der Waals surface area (Å²) in [6.07, 6.45) is 3.21. The molecule has 120 valence electrons. The van der Waals surface area contributed by atoms with E-state index in [-0.39, 0.29) is 17.7 Å². The molecule has 1 aromatic rings. The lowest BCUT2D eigenvalue weighted by Crippen LogP contribution is -2.50. The van der Waals surface area contributed by atoms with E-state index in [0.29, 0.717) is 13.0 Å². The highest BCUT2D eigenvalue weighted by Crippen LogP contribution is 2.31. The maximum Gasteiger partial charge on any atom is 0.326 e. The molecule has 1 aliphatic rings. The van der Waals surface area contributed by atoms with Crippen molar-refractivity contribution < 1.29 is 14.7 Å². The number of aliphatic carboxylic acids is 1. The van der Waals surface area contributed by atoms with Crippen LogP contribution >= 0.6 is 0 Å². The molecule has 1 aliphatic heterocycles. The van der Waals surface area contributed by atoms with Crippen LogP contribution in [0.3, 0.4) is 0 Å². The Kier molecular flexibility index (Phi) is 5.58. The van der Waals surface area contributed by atoms with Crippen LogP contribution in [0.5, 0.6) is 0 Å². The van der Waals surface area contributed by atoms with Crippen LogP contribution in [-0.2, 0) is 9.59 Å². The minimum Gasteiger partial charge on any atom is -0.480 e. The zero-order valence-electron chi connectivity index (χ0n) is 13.4. The van der Waals surface area contributed by atoms with Gasteiger partial charge >= 0.3 is 5.97 Å². The van der Waals surface area contributed by atoms with Crippen molar-refractivity contribution in [2.45, 2.75) is 51.5 Å². The van der Waals surface area contributed by atoms with Gasteiger partial charge in [0.05, 0.1) is 5.92 Å². The first-order chi connectivity index (χ1) is 10.6. The molecule has 0 spiro atoms. The second-order valence-electron chi connectivity index (χ2n) is 6.16. The number of rotatable bonds is 5. The molecule has 0 aromatic heterocycles. The molecular formula is C18H25NO3. The Hall–Kier alpha value is -1.84. The standard InChI is InChI=1S/C18H25NO3/c1-3-13(2)16(14-9-5-4-6-10-14)17(20)19-12-8-7-11-15(19)18(21)22/h4-6,9-10,13,15-16H,3,7-8,11-12H2,1-2H3,(H,21,22)/t13?,15-,16?/m0/s1. The van der Waals surface area contributed by atoms with E-state index in [0.717, 1.165) is 24.8 Å². The molecule has 1 amide bonds. The maximum absolute atomic E-state index is 13.1. The number of amides is 1. The van der Waals surface area contributed by atoms with Gasteiger partial charge in [-0.25, -0.2) is 4.79 Å². The van der Waals surface area contributed by atoms with E-state index in [1.165, 1.54) is 0 Å². The SMILES string of the molecule is CCC(C)C(C(=O)N1CCCC[C@H]1C(=O)O)c1ccccc1. The van der Waals surface area contributed by atoms with Crippen LogP contribution in [0.2, 0.25) is 0 Å². The van der Waals surface area contributed by atoms with E-state index >= 15 is 0 Å². The maximum atomic E-state index is 13.1. The summed E-state index contributed by atoms with van der Waals surface area (Å²) in [5, 5.41) is 9.41. The number of hydrogen-bond acceptors (Lipinski definition) is 2. The number of piperidine rings is 1. The molecule has 1 N–H and O–H groups in total. The van der Waals surface area contributed by atoms with Crippen LogP contribution in [0.15, 0.2) is 30.3 Å². The zero-order chi connectivity index (χ0) is 16.1. The Morgan fingerprint density at radius 1 is 1.27 bits per heavy atom. The Balaban J connectivity index is 2.30. The van der Waals surface area contributed by atoms with E-state index in [9.17, 15) is 14.7 Å². The second kappa shape index (κ2) is 7.43. The summed E-state index contributed by atoms with van der Waals surface area (Å²) < 4.78 is 0. The first-order valence-electron chi connectivity index (χ1n) is 8.14. The molecular weight excluding hydrogens is 278 g/mol. The largest absolute Gasteiger partial charge is 0.480 e. The Morgan fingerprint density at radius 2 is 1.95 bits per heavy atom. The van der Waals surface area contributed by atoms with E-state index in [1.54, 1.807) is 4.90 Å². The average molecular weight is 303 g/mol.